The van der Waals surface area contributed by atoms with E-state index in [0.29, 0.717) is 0 Å². The third kappa shape index (κ3) is 20.5. The van der Waals surface area contributed by atoms with Gasteiger partial charge in [-0.1, -0.05) is 0 Å². The lowest BCUT2D eigenvalue weighted by Gasteiger charge is -2.02. The van der Waals surface area contributed by atoms with E-state index in [1.165, 1.54) is 6.33 Å². The Kier molecular flexibility index (Phi) is 14.1. The van der Waals surface area contributed by atoms with Gasteiger partial charge < -0.3 is 36.3 Å². The number of H-pyrrole nitrogens is 1. The number of imidazole rings is 1. The molecule has 0 aliphatic heterocycles. The second-order valence-electron chi connectivity index (χ2n) is 4.80. The zero-order valence-electron chi connectivity index (χ0n) is 14.1. The molecule has 152 valence electrons. The number of hydrogen-bond acceptors (Lipinski definition) is 7. The van der Waals surface area contributed by atoms with E-state index in [2.05, 4.69) is 9.97 Å². The molecule has 8 N–H and O–H groups in total. The Morgan fingerprint density at radius 3 is 1.44 bits per heavy atom. The second-order valence-corrected chi connectivity index (χ2v) is 4.80. The number of nitrogens with one attached hydrogen (secondary N) is 1. The van der Waals surface area contributed by atoms with Crippen LogP contribution in [-0.4, -0.2) is 71.4 Å². The van der Waals surface area contributed by atoms with Crippen LogP contribution >= 0.6 is 0 Å². The highest BCUT2D eigenvalue weighted by atomic mass is 16.4. The maximum absolute atomic E-state index is 10.3. The van der Waals surface area contributed by atoms with Crippen molar-refractivity contribution in [2.24, 2.45) is 5.73 Å². The minimum Gasteiger partial charge on any atom is -0.481 e. The van der Waals surface area contributed by atoms with Gasteiger partial charge in [0.2, 0.25) is 0 Å². The van der Waals surface area contributed by atoms with Crippen molar-refractivity contribution in [2.75, 3.05) is 0 Å². The Morgan fingerprint density at radius 1 is 0.852 bits per heavy atom. The molecule has 0 aliphatic rings. The van der Waals surface area contributed by atoms with Crippen molar-refractivity contribution in [2.45, 2.75) is 38.1 Å². The van der Waals surface area contributed by atoms with E-state index in [1.54, 1.807) is 6.20 Å². The molecule has 0 saturated carbocycles. The zero-order chi connectivity index (χ0) is 21.4. The largest absolute Gasteiger partial charge is 0.481 e. The van der Waals surface area contributed by atoms with E-state index in [1.807, 2.05) is 0 Å². The average molecular weight is 391 g/mol. The van der Waals surface area contributed by atoms with Gasteiger partial charge in [-0.25, -0.2) is 4.98 Å². The highest BCUT2D eigenvalue weighted by Crippen LogP contribution is 1.95. The first-order valence-corrected chi connectivity index (χ1v) is 7.28. The number of aliphatic carboxylic acids is 5. The van der Waals surface area contributed by atoms with Crippen LogP contribution < -0.4 is 5.73 Å². The lowest BCUT2D eigenvalue weighted by Crippen LogP contribution is -2.32. The molecule has 1 atom stereocenters. The summed E-state index contributed by atoms with van der Waals surface area (Å²) in [4.78, 5) is 55.3. The molecule has 0 amide bonds. The molecular formula is C14H21N3O10. The Bertz CT molecular complexity index is 559. The molecule has 0 radical (unpaired) electrons. The second kappa shape index (κ2) is 14.8. The lowest BCUT2D eigenvalue weighted by molar-refractivity contribution is -0.143. The van der Waals surface area contributed by atoms with Gasteiger partial charge in [0.1, 0.15) is 6.04 Å². The van der Waals surface area contributed by atoms with Crippen LogP contribution in [0.4, 0.5) is 0 Å². The smallest absolute Gasteiger partial charge is 0.320 e. The number of hydrogen-bond donors (Lipinski definition) is 7. The molecule has 1 unspecified atom stereocenters. The molecule has 0 fully saturated rings. The number of nitrogens with two attached hydrogens (primary N) is 1. The summed E-state index contributed by atoms with van der Waals surface area (Å²) < 4.78 is 0. The number of rotatable bonds is 9. The van der Waals surface area contributed by atoms with Gasteiger partial charge in [-0.2, -0.15) is 0 Å². The summed E-state index contributed by atoms with van der Waals surface area (Å²) >= 11 is 0. The lowest BCUT2D eigenvalue weighted by atomic mass is 10.2. The Balaban J connectivity index is 0. The predicted octanol–water partition coefficient (Wildman–Crippen LogP) is -0.764. The Morgan fingerprint density at radius 2 is 1.22 bits per heavy atom. The normalized spacial score (nSPS) is 10.3. The molecule has 1 heterocycles. The summed E-state index contributed by atoms with van der Waals surface area (Å²) in [6.45, 7) is 0. The molecule has 27 heavy (non-hydrogen) atoms. The molecular weight excluding hydrogens is 370 g/mol. The van der Waals surface area contributed by atoms with Gasteiger partial charge in [-0.05, 0) is 0 Å². The maximum atomic E-state index is 10.3. The summed E-state index contributed by atoms with van der Waals surface area (Å²) in [5, 5.41) is 40.0. The molecule has 0 saturated heterocycles. The summed E-state index contributed by atoms with van der Waals surface area (Å²) in [7, 11) is 0. The van der Waals surface area contributed by atoms with Gasteiger partial charge in [-0.15, -0.1) is 0 Å². The maximum Gasteiger partial charge on any atom is 0.320 e. The van der Waals surface area contributed by atoms with Crippen LogP contribution in [0.1, 0.15) is 31.4 Å². The highest BCUT2D eigenvalue weighted by molar-refractivity contribution is 5.75. The van der Waals surface area contributed by atoms with Gasteiger partial charge in [0.25, 0.3) is 0 Å². The predicted molar refractivity (Wildman–Crippen MR) is 86.9 cm³/mol. The van der Waals surface area contributed by atoms with E-state index in [4.69, 9.17) is 31.3 Å². The summed E-state index contributed by atoms with van der Waals surface area (Å²) in [5.74, 6) is -5.31. The molecule has 1 rings (SSSR count). The number of carbonyl (C=O) groups is 5. The van der Waals surface area contributed by atoms with Crippen molar-refractivity contribution in [1.82, 2.24) is 9.97 Å². The van der Waals surface area contributed by atoms with Crippen LogP contribution in [0.15, 0.2) is 12.5 Å². The van der Waals surface area contributed by atoms with Gasteiger partial charge in [0, 0.05) is 18.3 Å². The van der Waals surface area contributed by atoms with E-state index < -0.39 is 35.9 Å². The third-order valence-electron chi connectivity index (χ3n) is 2.42. The Hall–Kier alpha value is -3.48. The number of carboxylic acid groups (broad SMARTS) is 5. The number of aromatic amines is 1. The van der Waals surface area contributed by atoms with Crippen LogP contribution in [-0.2, 0) is 30.4 Å². The minimum atomic E-state index is -1.08. The van der Waals surface area contributed by atoms with E-state index >= 15 is 0 Å². The molecule has 0 bridgehead atoms. The highest BCUT2D eigenvalue weighted by Gasteiger charge is 2.12. The quantitative estimate of drug-likeness (QED) is 0.274. The standard InChI is InChI=1S/C6H9N3O2.2C4H6O4/c7-5(6(10)11)1-4-2-8-3-9-4;2*5-3(6)1-2-4(7)8/h2-3,5H,1,7H2,(H,8,9)(H,10,11);2*1-2H2,(H,5,6)(H,7,8). The minimum absolute atomic E-state index is 0.287. The van der Waals surface area contributed by atoms with E-state index in [0.717, 1.165) is 5.69 Å². The molecule has 0 aliphatic carbocycles. The monoisotopic (exact) mass is 391 g/mol. The van der Waals surface area contributed by atoms with Crippen LogP contribution in [0.3, 0.4) is 0 Å². The average Bonchev–Trinajstić information content (AvgIpc) is 3.05. The van der Waals surface area contributed by atoms with Crippen LogP contribution in [0.25, 0.3) is 0 Å². The van der Waals surface area contributed by atoms with Crippen molar-refractivity contribution in [3.63, 3.8) is 0 Å². The Labute approximate surface area is 152 Å². The van der Waals surface area contributed by atoms with E-state index in [9.17, 15) is 24.0 Å². The molecule has 13 heteroatoms. The van der Waals surface area contributed by atoms with Gasteiger partial charge in [0.05, 0.1) is 32.0 Å². The van der Waals surface area contributed by atoms with Crippen molar-refractivity contribution in [3.05, 3.63) is 18.2 Å². The van der Waals surface area contributed by atoms with Crippen molar-refractivity contribution >= 4 is 29.8 Å². The van der Waals surface area contributed by atoms with Gasteiger partial charge in [-0.3, -0.25) is 24.0 Å². The number of carboxylic acids is 5. The molecule has 1 aromatic heterocycles. The van der Waals surface area contributed by atoms with Crippen molar-refractivity contribution < 1.29 is 49.5 Å². The van der Waals surface area contributed by atoms with Crippen molar-refractivity contribution in [3.8, 4) is 0 Å². The fraction of sp³-hybridized carbons (Fsp3) is 0.429. The third-order valence-corrected chi connectivity index (χ3v) is 2.42. The SMILES string of the molecule is NC(Cc1cnc[nH]1)C(=O)O.O=C(O)CCC(=O)O.O=C(O)CCC(=O)O. The van der Waals surface area contributed by atoms with E-state index in [-0.39, 0.29) is 32.1 Å². The first-order valence-electron chi connectivity index (χ1n) is 7.28. The molecule has 0 spiro atoms. The van der Waals surface area contributed by atoms with Gasteiger partial charge in [0.15, 0.2) is 0 Å². The van der Waals surface area contributed by atoms with Gasteiger partial charge >= 0.3 is 29.8 Å². The molecule has 13 nitrogen and oxygen atoms in total. The fourth-order valence-corrected chi connectivity index (χ4v) is 1.15. The first-order chi connectivity index (χ1) is 12.5. The zero-order valence-corrected chi connectivity index (χ0v) is 14.1. The molecule has 0 aromatic carbocycles. The topological polar surface area (TPSA) is 241 Å². The summed E-state index contributed by atoms with van der Waals surface area (Å²) in [6, 6.07) is -0.851. The fourth-order valence-electron chi connectivity index (χ4n) is 1.15. The van der Waals surface area contributed by atoms with Crippen molar-refractivity contribution in [1.29, 1.82) is 0 Å². The summed E-state index contributed by atoms with van der Waals surface area (Å²) in [5.41, 5.74) is 6.00. The molecule has 1 aromatic rings. The van der Waals surface area contributed by atoms with Crippen LogP contribution in [0.2, 0.25) is 0 Å². The first kappa shape index (κ1) is 25.8. The van der Waals surface area contributed by atoms with Crippen LogP contribution in [0.5, 0.6) is 0 Å². The van der Waals surface area contributed by atoms with Crippen LogP contribution in [0, 0.1) is 0 Å². The number of nitrogens with zero attached hydrogens (tertiary/aromatic N) is 1. The number of aromatic nitrogens is 2. The summed E-state index contributed by atoms with van der Waals surface area (Å²) in [6.07, 6.45) is 2.15.